The van der Waals surface area contributed by atoms with Crippen LogP contribution in [0.4, 0.5) is 0 Å². The highest BCUT2D eigenvalue weighted by Crippen LogP contribution is 2.08. The Morgan fingerprint density at radius 3 is 2.88 bits per heavy atom. The molecule has 1 amide bonds. The van der Waals surface area contributed by atoms with Gasteiger partial charge in [0.2, 0.25) is 5.91 Å². The molecule has 5 heteroatoms. The Morgan fingerprint density at radius 1 is 1.44 bits per heavy atom. The van der Waals surface area contributed by atoms with Gasteiger partial charge < -0.3 is 15.2 Å². The van der Waals surface area contributed by atoms with E-state index in [1.54, 1.807) is 6.33 Å². The van der Waals surface area contributed by atoms with Crippen LogP contribution < -0.4 is 5.73 Å². The van der Waals surface area contributed by atoms with Gasteiger partial charge in [-0.3, -0.25) is 4.79 Å². The van der Waals surface area contributed by atoms with E-state index < -0.39 is 0 Å². The van der Waals surface area contributed by atoms with Crippen molar-refractivity contribution in [2.24, 2.45) is 5.73 Å². The van der Waals surface area contributed by atoms with Crippen molar-refractivity contribution >= 4 is 5.91 Å². The van der Waals surface area contributed by atoms with Crippen LogP contribution in [0.15, 0.2) is 12.5 Å². The van der Waals surface area contributed by atoms with Crippen molar-refractivity contribution in [1.29, 1.82) is 0 Å². The first-order chi connectivity index (χ1) is 7.79. The predicted octanol–water partition coefficient (Wildman–Crippen LogP) is 0.00670. The van der Waals surface area contributed by atoms with Crippen molar-refractivity contribution in [3.8, 4) is 0 Å². The Bertz CT molecular complexity index is 355. The third-order valence-corrected chi connectivity index (χ3v) is 2.86. The molecule has 5 nitrogen and oxygen atoms in total. The number of aromatic nitrogens is 2. The van der Waals surface area contributed by atoms with Gasteiger partial charge in [0.25, 0.3) is 0 Å². The number of amides is 1. The number of imidazole rings is 1. The normalized spacial score (nSPS) is 15.7. The minimum Gasteiger partial charge on any atom is -0.341 e. The summed E-state index contributed by atoms with van der Waals surface area (Å²) in [5, 5.41) is 0. The van der Waals surface area contributed by atoms with Crippen LogP contribution in [0.1, 0.15) is 18.5 Å². The monoisotopic (exact) mass is 222 g/mol. The summed E-state index contributed by atoms with van der Waals surface area (Å²) in [6.45, 7) is 2.81. The second kappa shape index (κ2) is 5.12. The zero-order chi connectivity index (χ0) is 11.4. The van der Waals surface area contributed by atoms with Crippen LogP contribution in [0.3, 0.4) is 0 Å². The summed E-state index contributed by atoms with van der Waals surface area (Å²) in [5.74, 6) is 0.189. The zero-order valence-corrected chi connectivity index (χ0v) is 9.43. The fourth-order valence-corrected chi connectivity index (χ4v) is 1.99. The van der Waals surface area contributed by atoms with Gasteiger partial charge in [0.1, 0.15) is 6.54 Å². The SMILES string of the molecule is NCCc1cn(CC(=O)N2CCCC2)cn1. The largest absolute Gasteiger partial charge is 0.341 e. The fraction of sp³-hybridized carbons (Fsp3) is 0.636. The molecule has 0 bridgehead atoms. The second-order valence-electron chi connectivity index (χ2n) is 4.16. The summed E-state index contributed by atoms with van der Waals surface area (Å²) in [4.78, 5) is 18.0. The van der Waals surface area contributed by atoms with Crippen molar-refractivity contribution in [2.45, 2.75) is 25.8 Å². The van der Waals surface area contributed by atoms with E-state index in [4.69, 9.17) is 5.73 Å². The molecule has 0 spiro atoms. The van der Waals surface area contributed by atoms with Gasteiger partial charge in [-0.05, 0) is 19.4 Å². The van der Waals surface area contributed by atoms with Gasteiger partial charge in [-0.25, -0.2) is 4.98 Å². The number of hydrogen-bond acceptors (Lipinski definition) is 3. The first-order valence-electron chi connectivity index (χ1n) is 5.78. The summed E-state index contributed by atoms with van der Waals surface area (Å²) in [5.41, 5.74) is 6.40. The maximum Gasteiger partial charge on any atom is 0.242 e. The van der Waals surface area contributed by atoms with E-state index in [1.165, 1.54) is 0 Å². The van der Waals surface area contributed by atoms with Crippen LogP contribution in [0, 0.1) is 0 Å². The molecule has 1 fully saturated rings. The number of nitrogens with zero attached hydrogens (tertiary/aromatic N) is 3. The number of hydrogen-bond donors (Lipinski definition) is 1. The fourth-order valence-electron chi connectivity index (χ4n) is 1.99. The standard InChI is InChI=1S/C11H18N4O/c12-4-3-10-7-14(9-13-10)8-11(16)15-5-1-2-6-15/h7,9H,1-6,8,12H2. The number of rotatable bonds is 4. The summed E-state index contributed by atoms with van der Waals surface area (Å²) < 4.78 is 1.84. The van der Waals surface area contributed by atoms with E-state index in [2.05, 4.69) is 4.98 Å². The van der Waals surface area contributed by atoms with Crippen molar-refractivity contribution in [3.63, 3.8) is 0 Å². The Labute approximate surface area is 95.2 Å². The van der Waals surface area contributed by atoms with Crippen LogP contribution in [0.25, 0.3) is 0 Å². The summed E-state index contributed by atoms with van der Waals surface area (Å²) in [6, 6.07) is 0. The highest BCUT2D eigenvalue weighted by atomic mass is 16.2. The molecule has 1 aromatic heterocycles. The summed E-state index contributed by atoms with van der Waals surface area (Å²) in [7, 11) is 0. The number of carbonyl (C=O) groups excluding carboxylic acids is 1. The minimum absolute atomic E-state index is 0.189. The molecule has 2 N–H and O–H groups in total. The molecule has 1 aliphatic heterocycles. The molecule has 1 aliphatic rings. The highest BCUT2D eigenvalue weighted by Gasteiger charge is 2.17. The van der Waals surface area contributed by atoms with Gasteiger partial charge in [0.05, 0.1) is 12.0 Å². The molecule has 88 valence electrons. The smallest absolute Gasteiger partial charge is 0.242 e. The van der Waals surface area contributed by atoms with Gasteiger partial charge in [0, 0.05) is 25.7 Å². The molecular formula is C11H18N4O. The maximum absolute atomic E-state index is 11.8. The average Bonchev–Trinajstić information content (AvgIpc) is 2.89. The topological polar surface area (TPSA) is 64.2 Å². The Kier molecular flexibility index (Phi) is 3.56. The van der Waals surface area contributed by atoms with Crippen LogP contribution >= 0.6 is 0 Å². The van der Waals surface area contributed by atoms with Crippen LogP contribution in [-0.2, 0) is 17.8 Å². The zero-order valence-electron chi connectivity index (χ0n) is 9.43. The number of likely N-dealkylation sites (tertiary alicyclic amines) is 1. The minimum atomic E-state index is 0.189. The number of carbonyl (C=O) groups is 1. The van der Waals surface area contributed by atoms with E-state index in [-0.39, 0.29) is 5.91 Å². The first kappa shape index (κ1) is 11.1. The van der Waals surface area contributed by atoms with Gasteiger partial charge in [-0.2, -0.15) is 0 Å². The van der Waals surface area contributed by atoms with E-state index in [0.29, 0.717) is 13.1 Å². The van der Waals surface area contributed by atoms with E-state index in [9.17, 15) is 4.79 Å². The van der Waals surface area contributed by atoms with Crippen LogP contribution in [-0.4, -0.2) is 40.0 Å². The van der Waals surface area contributed by atoms with E-state index in [1.807, 2.05) is 15.7 Å². The van der Waals surface area contributed by atoms with Crippen molar-refractivity contribution in [2.75, 3.05) is 19.6 Å². The molecule has 16 heavy (non-hydrogen) atoms. The molecule has 0 aromatic carbocycles. The van der Waals surface area contributed by atoms with Gasteiger partial charge in [0.15, 0.2) is 0 Å². The van der Waals surface area contributed by atoms with E-state index in [0.717, 1.165) is 38.0 Å². The molecule has 1 saturated heterocycles. The Morgan fingerprint density at radius 2 is 2.19 bits per heavy atom. The van der Waals surface area contributed by atoms with Crippen molar-refractivity contribution in [1.82, 2.24) is 14.5 Å². The molecular weight excluding hydrogens is 204 g/mol. The van der Waals surface area contributed by atoms with Gasteiger partial charge in [-0.15, -0.1) is 0 Å². The maximum atomic E-state index is 11.8. The summed E-state index contributed by atoms with van der Waals surface area (Å²) >= 11 is 0. The van der Waals surface area contributed by atoms with Crippen LogP contribution in [0.5, 0.6) is 0 Å². The molecule has 0 aliphatic carbocycles. The molecule has 0 atom stereocenters. The molecule has 0 saturated carbocycles. The van der Waals surface area contributed by atoms with Gasteiger partial charge >= 0.3 is 0 Å². The molecule has 1 aromatic rings. The highest BCUT2D eigenvalue weighted by molar-refractivity contribution is 5.76. The lowest BCUT2D eigenvalue weighted by atomic mass is 10.3. The lowest BCUT2D eigenvalue weighted by molar-refractivity contribution is -0.130. The quantitative estimate of drug-likeness (QED) is 0.780. The molecule has 0 radical (unpaired) electrons. The van der Waals surface area contributed by atoms with Gasteiger partial charge in [-0.1, -0.05) is 0 Å². The first-order valence-corrected chi connectivity index (χ1v) is 5.78. The lowest BCUT2D eigenvalue weighted by Gasteiger charge is -2.14. The third kappa shape index (κ3) is 2.61. The predicted molar refractivity (Wildman–Crippen MR) is 60.8 cm³/mol. The van der Waals surface area contributed by atoms with Crippen LogP contribution in [0.2, 0.25) is 0 Å². The molecule has 0 unspecified atom stereocenters. The molecule has 2 heterocycles. The lowest BCUT2D eigenvalue weighted by Crippen LogP contribution is -2.30. The Hall–Kier alpha value is -1.36. The molecule has 2 rings (SSSR count). The van der Waals surface area contributed by atoms with E-state index >= 15 is 0 Å². The third-order valence-electron chi connectivity index (χ3n) is 2.86. The van der Waals surface area contributed by atoms with Crippen molar-refractivity contribution < 1.29 is 4.79 Å². The van der Waals surface area contributed by atoms with Crippen molar-refractivity contribution in [3.05, 3.63) is 18.2 Å². The number of nitrogens with two attached hydrogens (primary N) is 1. The average molecular weight is 222 g/mol. The summed E-state index contributed by atoms with van der Waals surface area (Å²) in [6.07, 6.45) is 6.65. The Balaban J connectivity index is 1.89. The second-order valence-corrected chi connectivity index (χ2v) is 4.16.